The molecule has 0 bridgehead atoms. The van der Waals surface area contributed by atoms with Gasteiger partial charge in [-0.3, -0.25) is 4.98 Å². The Kier molecular flexibility index (Phi) is 3.33. The van der Waals surface area contributed by atoms with Crippen LogP contribution in [0.1, 0.15) is 0 Å². The fourth-order valence-corrected chi connectivity index (χ4v) is 1.91. The van der Waals surface area contributed by atoms with Crippen molar-refractivity contribution in [3.63, 3.8) is 0 Å². The first-order chi connectivity index (χ1) is 9.85. The highest BCUT2D eigenvalue weighted by Crippen LogP contribution is 2.21. The number of pyridine rings is 1. The zero-order valence-electron chi connectivity index (χ0n) is 11.0. The van der Waals surface area contributed by atoms with Crippen molar-refractivity contribution in [3.8, 4) is 11.4 Å². The lowest BCUT2D eigenvalue weighted by Crippen LogP contribution is -1.97. The molecule has 0 aliphatic carbocycles. The Morgan fingerprint density at radius 3 is 2.85 bits per heavy atom. The van der Waals surface area contributed by atoms with Crippen LogP contribution >= 0.6 is 0 Å². The summed E-state index contributed by atoms with van der Waals surface area (Å²) in [5, 5.41) is 7.52. The Labute approximate surface area is 116 Å². The molecule has 0 amide bonds. The molecule has 5 heteroatoms. The number of anilines is 2. The van der Waals surface area contributed by atoms with Crippen molar-refractivity contribution in [2.45, 2.75) is 0 Å². The van der Waals surface area contributed by atoms with Crippen LogP contribution in [-0.4, -0.2) is 21.9 Å². The van der Waals surface area contributed by atoms with E-state index in [2.05, 4.69) is 15.4 Å². The minimum atomic E-state index is 0.721. The Bertz CT molecular complexity index is 695. The van der Waals surface area contributed by atoms with Crippen LogP contribution in [0.5, 0.6) is 5.75 Å². The van der Waals surface area contributed by atoms with Crippen molar-refractivity contribution in [2.24, 2.45) is 0 Å². The van der Waals surface area contributed by atoms with E-state index in [0.29, 0.717) is 0 Å². The van der Waals surface area contributed by atoms with E-state index in [1.54, 1.807) is 25.7 Å². The van der Waals surface area contributed by atoms with E-state index in [4.69, 9.17) is 4.74 Å². The van der Waals surface area contributed by atoms with Gasteiger partial charge in [0.2, 0.25) is 0 Å². The maximum Gasteiger partial charge on any atom is 0.139 e. The van der Waals surface area contributed by atoms with E-state index >= 15 is 0 Å². The van der Waals surface area contributed by atoms with E-state index in [1.165, 1.54) is 0 Å². The molecule has 0 radical (unpaired) electrons. The van der Waals surface area contributed by atoms with Crippen molar-refractivity contribution in [3.05, 3.63) is 61.2 Å². The van der Waals surface area contributed by atoms with E-state index in [1.807, 2.05) is 47.3 Å². The Balaban J connectivity index is 1.85. The summed E-state index contributed by atoms with van der Waals surface area (Å²) in [5.74, 6) is 0.721. The quantitative estimate of drug-likeness (QED) is 0.788. The number of benzene rings is 1. The Morgan fingerprint density at radius 2 is 2.05 bits per heavy atom. The molecule has 0 spiro atoms. The Hall–Kier alpha value is -2.82. The molecule has 0 unspecified atom stereocenters. The lowest BCUT2D eigenvalue weighted by atomic mass is 10.2. The monoisotopic (exact) mass is 266 g/mol. The van der Waals surface area contributed by atoms with Gasteiger partial charge in [-0.2, -0.15) is 5.10 Å². The molecular weight excluding hydrogens is 252 g/mol. The smallest absolute Gasteiger partial charge is 0.139 e. The molecule has 1 aromatic carbocycles. The molecule has 0 fully saturated rings. The van der Waals surface area contributed by atoms with Crippen molar-refractivity contribution in [2.75, 3.05) is 12.4 Å². The third kappa shape index (κ3) is 2.61. The summed E-state index contributed by atoms with van der Waals surface area (Å²) in [6, 6.07) is 11.8. The van der Waals surface area contributed by atoms with E-state index in [9.17, 15) is 0 Å². The largest absolute Gasteiger partial charge is 0.495 e. The zero-order chi connectivity index (χ0) is 13.8. The van der Waals surface area contributed by atoms with Gasteiger partial charge in [-0.05, 0) is 24.3 Å². The molecule has 0 aliphatic rings. The van der Waals surface area contributed by atoms with Crippen LogP contribution in [0, 0.1) is 0 Å². The van der Waals surface area contributed by atoms with Crippen LogP contribution < -0.4 is 10.1 Å². The van der Waals surface area contributed by atoms with Gasteiger partial charge in [0, 0.05) is 24.1 Å². The molecule has 0 saturated heterocycles. The van der Waals surface area contributed by atoms with Crippen LogP contribution in [0.15, 0.2) is 61.2 Å². The standard InChI is InChI=1S/C15H14N4O/c1-20-15-9-13(10-16-11-15)18-12-4-2-5-14(8-12)19-7-3-6-17-19/h2-11,18H,1H3. The van der Waals surface area contributed by atoms with Crippen LogP contribution in [0.4, 0.5) is 11.4 Å². The van der Waals surface area contributed by atoms with Crippen molar-refractivity contribution in [1.29, 1.82) is 0 Å². The second-order valence-corrected chi connectivity index (χ2v) is 4.24. The van der Waals surface area contributed by atoms with Crippen LogP contribution in [0.25, 0.3) is 5.69 Å². The number of nitrogens with one attached hydrogen (secondary N) is 1. The molecule has 5 nitrogen and oxygen atoms in total. The first-order valence-electron chi connectivity index (χ1n) is 6.21. The predicted molar refractivity (Wildman–Crippen MR) is 77.6 cm³/mol. The summed E-state index contributed by atoms with van der Waals surface area (Å²) in [6.45, 7) is 0. The topological polar surface area (TPSA) is 52.0 Å². The molecule has 0 saturated carbocycles. The van der Waals surface area contributed by atoms with Crippen molar-refractivity contribution < 1.29 is 4.74 Å². The second-order valence-electron chi connectivity index (χ2n) is 4.24. The minimum absolute atomic E-state index is 0.721. The number of methoxy groups -OCH3 is 1. The van der Waals surface area contributed by atoms with Gasteiger partial charge in [0.15, 0.2) is 0 Å². The average molecular weight is 266 g/mol. The number of hydrogen-bond donors (Lipinski definition) is 1. The summed E-state index contributed by atoms with van der Waals surface area (Å²) in [4.78, 5) is 4.12. The first-order valence-corrected chi connectivity index (χ1v) is 6.21. The van der Waals surface area contributed by atoms with E-state index in [0.717, 1.165) is 22.8 Å². The maximum atomic E-state index is 5.16. The molecule has 2 heterocycles. The highest BCUT2D eigenvalue weighted by atomic mass is 16.5. The lowest BCUT2D eigenvalue weighted by Gasteiger charge is -2.09. The van der Waals surface area contributed by atoms with Gasteiger partial charge in [-0.25, -0.2) is 4.68 Å². The van der Waals surface area contributed by atoms with Crippen molar-refractivity contribution >= 4 is 11.4 Å². The highest BCUT2D eigenvalue weighted by molar-refractivity contribution is 5.62. The fourth-order valence-electron chi connectivity index (χ4n) is 1.91. The molecular formula is C15H14N4O. The number of nitrogens with zero attached hydrogens (tertiary/aromatic N) is 3. The lowest BCUT2D eigenvalue weighted by molar-refractivity contribution is 0.413. The van der Waals surface area contributed by atoms with Gasteiger partial charge >= 0.3 is 0 Å². The number of aromatic nitrogens is 3. The average Bonchev–Trinajstić information content (AvgIpc) is 3.02. The highest BCUT2D eigenvalue weighted by Gasteiger charge is 2.00. The maximum absolute atomic E-state index is 5.16. The summed E-state index contributed by atoms with van der Waals surface area (Å²) >= 11 is 0. The second kappa shape index (κ2) is 5.44. The summed E-state index contributed by atoms with van der Waals surface area (Å²) in [6.07, 6.45) is 7.09. The molecule has 20 heavy (non-hydrogen) atoms. The van der Waals surface area contributed by atoms with Gasteiger partial charge < -0.3 is 10.1 Å². The third-order valence-electron chi connectivity index (χ3n) is 2.85. The molecule has 0 aliphatic heterocycles. The molecule has 100 valence electrons. The van der Waals surface area contributed by atoms with Crippen LogP contribution in [0.2, 0.25) is 0 Å². The zero-order valence-corrected chi connectivity index (χ0v) is 11.0. The molecule has 3 rings (SSSR count). The predicted octanol–water partition coefficient (Wildman–Crippen LogP) is 3.02. The summed E-state index contributed by atoms with van der Waals surface area (Å²) in [5.41, 5.74) is 2.84. The van der Waals surface area contributed by atoms with Gasteiger partial charge in [-0.1, -0.05) is 6.07 Å². The summed E-state index contributed by atoms with van der Waals surface area (Å²) in [7, 11) is 1.62. The molecule has 0 atom stereocenters. The Morgan fingerprint density at radius 1 is 1.10 bits per heavy atom. The van der Waals surface area contributed by atoms with Crippen LogP contribution in [0.3, 0.4) is 0 Å². The number of hydrogen-bond acceptors (Lipinski definition) is 4. The van der Waals surface area contributed by atoms with Crippen LogP contribution in [-0.2, 0) is 0 Å². The van der Waals surface area contributed by atoms with Gasteiger partial charge in [0.1, 0.15) is 5.75 Å². The SMILES string of the molecule is COc1cncc(Nc2cccc(-n3cccn3)c2)c1. The van der Waals surface area contributed by atoms with E-state index < -0.39 is 0 Å². The minimum Gasteiger partial charge on any atom is -0.495 e. The normalized spacial score (nSPS) is 10.2. The number of rotatable bonds is 4. The molecule has 1 N–H and O–H groups in total. The first kappa shape index (κ1) is 12.2. The van der Waals surface area contributed by atoms with Crippen molar-refractivity contribution in [1.82, 2.24) is 14.8 Å². The molecule has 2 aromatic heterocycles. The van der Waals surface area contributed by atoms with Gasteiger partial charge in [0.25, 0.3) is 0 Å². The van der Waals surface area contributed by atoms with E-state index in [-0.39, 0.29) is 0 Å². The van der Waals surface area contributed by atoms with Gasteiger partial charge in [0.05, 0.1) is 30.9 Å². The summed E-state index contributed by atoms with van der Waals surface area (Å²) < 4.78 is 6.97. The molecule has 3 aromatic rings. The fraction of sp³-hybridized carbons (Fsp3) is 0.0667. The number of ether oxygens (including phenoxy) is 1. The van der Waals surface area contributed by atoms with Gasteiger partial charge in [-0.15, -0.1) is 0 Å². The third-order valence-corrected chi connectivity index (χ3v) is 2.85.